The Morgan fingerprint density at radius 3 is 2.50 bits per heavy atom. The maximum absolute atomic E-state index is 12.5. The number of benzene rings is 2. The van der Waals surface area contributed by atoms with E-state index in [4.69, 9.17) is 9.47 Å². The van der Waals surface area contributed by atoms with Crippen LogP contribution < -0.4 is 20.1 Å². The van der Waals surface area contributed by atoms with Gasteiger partial charge in [0.05, 0.1) is 25.0 Å². The van der Waals surface area contributed by atoms with Crippen molar-refractivity contribution in [1.82, 2.24) is 4.98 Å². The van der Waals surface area contributed by atoms with Gasteiger partial charge in [0.2, 0.25) is 0 Å². The van der Waals surface area contributed by atoms with Gasteiger partial charge in [0, 0.05) is 11.9 Å². The summed E-state index contributed by atoms with van der Waals surface area (Å²) in [4.78, 5) is 16.8. The molecule has 2 aromatic carbocycles. The highest BCUT2D eigenvalue weighted by Crippen LogP contribution is 2.26. The van der Waals surface area contributed by atoms with E-state index in [1.807, 2.05) is 56.3 Å². The molecule has 0 fully saturated rings. The molecule has 0 radical (unpaired) electrons. The van der Waals surface area contributed by atoms with Crippen molar-refractivity contribution >= 4 is 23.1 Å². The molecule has 0 bridgehead atoms. The number of anilines is 3. The summed E-state index contributed by atoms with van der Waals surface area (Å²) in [5, 5.41) is 6.06. The molecule has 1 amide bonds. The van der Waals surface area contributed by atoms with E-state index < -0.39 is 0 Å². The molecule has 0 saturated heterocycles. The first-order valence-corrected chi connectivity index (χ1v) is 9.01. The Hall–Kier alpha value is -3.54. The number of ether oxygens (including phenoxy) is 2. The Kier molecular flexibility index (Phi) is 6.11. The molecule has 0 unspecified atom stereocenters. The van der Waals surface area contributed by atoms with Crippen molar-refractivity contribution in [2.45, 2.75) is 13.8 Å². The number of carbonyl (C=O) groups is 1. The largest absolute Gasteiger partial charge is 0.495 e. The second kappa shape index (κ2) is 8.90. The van der Waals surface area contributed by atoms with Crippen LogP contribution in [0.4, 0.5) is 17.2 Å². The first-order valence-electron chi connectivity index (χ1n) is 9.01. The zero-order valence-corrected chi connectivity index (χ0v) is 16.2. The Balaban J connectivity index is 1.66. The molecule has 0 aliphatic rings. The van der Waals surface area contributed by atoms with E-state index in [2.05, 4.69) is 15.6 Å². The quantitative estimate of drug-likeness (QED) is 0.619. The smallest absolute Gasteiger partial charge is 0.257 e. The predicted molar refractivity (Wildman–Crippen MR) is 111 cm³/mol. The number of rotatable bonds is 7. The Bertz CT molecular complexity index is 938. The average molecular weight is 377 g/mol. The van der Waals surface area contributed by atoms with Crippen LogP contribution in [0.15, 0.2) is 60.8 Å². The number of methoxy groups -OCH3 is 1. The van der Waals surface area contributed by atoms with Crippen LogP contribution in [0.2, 0.25) is 0 Å². The highest BCUT2D eigenvalue weighted by Gasteiger charge is 2.11. The van der Waals surface area contributed by atoms with Crippen molar-refractivity contribution < 1.29 is 14.3 Å². The van der Waals surface area contributed by atoms with Crippen molar-refractivity contribution in [2.75, 3.05) is 24.4 Å². The molecule has 1 heterocycles. The minimum Gasteiger partial charge on any atom is -0.495 e. The first-order chi connectivity index (χ1) is 13.6. The lowest BCUT2D eigenvalue weighted by atomic mass is 10.2. The summed E-state index contributed by atoms with van der Waals surface area (Å²) in [5.41, 5.74) is 3.01. The monoisotopic (exact) mass is 377 g/mol. The average Bonchev–Trinajstić information content (AvgIpc) is 2.70. The second-order valence-electron chi connectivity index (χ2n) is 6.17. The molecule has 28 heavy (non-hydrogen) atoms. The number of aryl methyl sites for hydroxylation is 1. The maximum atomic E-state index is 12.5. The van der Waals surface area contributed by atoms with Gasteiger partial charge in [-0.3, -0.25) is 4.79 Å². The van der Waals surface area contributed by atoms with Crippen molar-refractivity contribution in [1.29, 1.82) is 0 Å². The second-order valence-corrected chi connectivity index (χ2v) is 6.17. The molecule has 144 valence electrons. The van der Waals surface area contributed by atoms with Crippen LogP contribution in [-0.4, -0.2) is 24.6 Å². The van der Waals surface area contributed by atoms with Gasteiger partial charge in [0.15, 0.2) is 0 Å². The Morgan fingerprint density at radius 1 is 1.07 bits per heavy atom. The summed E-state index contributed by atoms with van der Waals surface area (Å²) < 4.78 is 10.7. The van der Waals surface area contributed by atoms with Gasteiger partial charge >= 0.3 is 0 Å². The third-order valence-corrected chi connectivity index (χ3v) is 4.07. The van der Waals surface area contributed by atoms with E-state index in [0.717, 1.165) is 17.0 Å². The van der Waals surface area contributed by atoms with E-state index in [0.29, 0.717) is 29.4 Å². The molecule has 3 rings (SSSR count). The number of hydrogen-bond acceptors (Lipinski definition) is 5. The van der Waals surface area contributed by atoms with Crippen LogP contribution in [0.1, 0.15) is 22.8 Å². The van der Waals surface area contributed by atoms with Gasteiger partial charge in [-0.25, -0.2) is 4.98 Å². The summed E-state index contributed by atoms with van der Waals surface area (Å²) in [6, 6.07) is 16.7. The lowest BCUT2D eigenvalue weighted by Gasteiger charge is -2.11. The highest BCUT2D eigenvalue weighted by atomic mass is 16.5. The summed E-state index contributed by atoms with van der Waals surface area (Å²) in [7, 11) is 1.57. The molecule has 3 aromatic rings. The standard InChI is InChI=1S/C22H23N3O3/c1-4-28-18-9-7-17(8-10-18)24-21-12-6-16(14-23-21)22(26)25-19-13-15(2)5-11-20(19)27-3/h5-14H,4H2,1-3H3,(H,23,24)(H,25,26). The van der Waals surface area contributed by atoms with Gasteiger partial charge in [-0.1, -0.05) is 6.07 Å². The Morgan fingerprint density at radius 2 is 1.86 bits per heavy atom. The van der Waals surface area contributed by atoms with Gasteiger partial charge in [-0.05, 0) is 67.9 Å². The minimum atomic E-state index is -0.246. The van der Waals surface area contributed by atoms with Crippen molar-refractivity contribution in [3.05, 3.63) is 71.9 Å². The summed E-state index contributed by atoms with van der Waals surface area (Å²) in [6.45, 7) is 4.53. The number of hydrogen-bond donors (Lipinski definition) is 2. The van der Waals surface area contributed by atoms with Gasteiger partial charge in [-0.2, -0.15) is 0 Å². The topological polar surface area (TPSA) is 72.5 Å². The van der Waals surface area contributed by atoms with Crippen molar-refractivity contribution in [3.8, 4) is 11.5 Å². The van der Waals surface area contributed by atoms with E-state index in [9.17, 15) is 4.79 Å². The minimum absolute atomic E-state index is 0.246. The van der Waals surface area contributed by atoms with Crippen LogP contribution >= 0.6 is 0 Å². The Labute approximate surface area is 164 Å². The van der Waals surface area contributed by atoms with Crippen LogP contribution in [0, 0.1) is 6.92 Å². The lowest BCUT2D eigenvalue weighted by molar-refractivity contribution is 0.102. The summed E-state index contributed by atoms with van der Waals surface area (Å²) in [5.74, 6) is 1.83. The molecule has 0 aliphatic heterocycles. The van der Waals surface area contributed by atoms with Gasteiger partial charge in [-0.15, -0.1) is 0 Å². The van der Waals surface area contributed by atoms with Crippen LogP contribution in [0.5, 0.6) is 11.5 Å². The van der Waals surface area contributed by atoms with E-state index >= 15 is 0 Å². The van der Waals surface area contributed by atoms with E-state index in [1.165, 1.54) is 6.20 Å². The number of pyridine rings is 1. The van der Waals surface area contributed by atoms with Gasteiger partial charge < -0.3 is 20.1 Å². The molecule has 2 N–H and O–H groups in total. The molecular formula is C22H23N3O3. The van der Waals surface area contributed by atoms with E-state index in [1.54, 1.807) is 19.2 Å². The van der Waals surface area contributed by atoms with Crippen molar-refractivity contribution in [3.63, 3.8) is 0 Å². The van der Waals surface area contributed by atoms with Gasteiger partial charge in [0.1, 0.15) is 17.3 Å². The fourth-order valence-electron chi connectivity index (χ4n) is 2.67. The third-order valence-electron chi connectivity index (χ3n) is 4.07. The van der Waals surface area contributed by atoms with Gasteiger partial charge in [0.25, 0.3) is 5.91 Å². The molecule has 1 aromatic heterocycles. The third kappa shape index (κ3) is 4.79. The molecule has 0 aliphatic carbocycles. The predicted octanol–water partition coefficient (Wildman–Crippen LogP) is 4.79. The van der Waals surface area contributed by atoms with Crippen LogP contribution in [-0.2, 0) is 0 Å². The molecule has 6 heteroatoms. The molecule has 0 saturated carbocycles. The lowest BCUT2D eigenvalue weighted by Crippen LogP contribution is -2.13. The number of nitrogens with one attached hydrogen (secondary N) is 2. The van der Waals surface area contributed by atoms with E-state index in [-0.39, 0.29) is 5.91 Å². The molecular weight excluding hydrogens is 354 g/mol. The zero-order chi connectivity index (χ0) is 19.9. The fraction of sp³-hybridized carbons (Fsp3) is 0.182. The van der Waals surface area contributed by atoms with Crippen LogP contribution in [0.25, 0.3) is 0 Å². The number of nitrogens with zero attached hydrogens (tertiary/aromatic N) is 1. The number of carbonyl (C=O) groups excluding carboxylic acids is 1. The van der Waals surface area contributed by atoms with Crippen LogP contribution in [0.3, 0.4) is 0 Å². The number of amides is 1. The zero-order valence-electron chi connectivity index (χ0n) is 16.2. The summed E-state index contributed by atoms with van der Waals surface area (Å²) >= 11 is 0. The number of aromatic nitrogens is 1. The molecule has 0 spiro atoms. The first kappa shape index (κ1) is 19.2. The fourth-order valence-corrected chi connectivity index (χ4v) is 2.67. The summed E-state index contributed by atoms with van der Waals surface area (Å²) in [6.07, 6.45) is 1.54. The maximum Gasteiger partial charge on any atom is 0.257 e. The normalized spacial score (nSPS) is 10.2. The molecule has 6 nitrogen and oxygen atoms in total. The van der Waals surface area contributed by atoms with Crippen molar-refractivity contribution in [2.24, 2.45) is 0 Å². The SMILES string of the molecule is CCOc1ccc(Nc2ccc(C(=O)Nc3cc(C)ccc3OC)cn2)cc1. The highest BCUT2D eigenvalue weighted by molar-refractivity contribution is 6.05. The molecule has 0 atom stereocenters.